The molecule has 0 atom stereocenters. The molecule has 0 spiro atoms. The average Bonchev–Trinajstić information content (AvgIpc) is 2.48. The van der Waals surface area contributed by atoms with Crippen LogP contribution in [0.25, 0.3) is 0 Å². The maximum atomic E-state index is 8.80. The summed E-state index contributed by atoms with van der Waals surface area (Å²) in [5.41, 5.74) is 6.51. The van der Waals surface area contributed by atoms with Gasteiger partial charge in [0.05, 0.1) is 24.0 Å². The summed E-state index contributed by atoms with van der Waals surface area (Å²) in [5, 5.41) is 8.80. The molecule has 66 valence electrons. The van der Waals surface area contributed by atoms with Gasteiger partial charge >= 0.3 is 0 Å². The highest BCUT2D eigenvalue weighted by Crippen LogP contribution is 2.36. The topological polar surface area (TPSA) is 74.9 Å². The number of nitrogens with one attached hydrogen (secondary N) is 1. The summed E-state index contributed by atoms with van der Waals surface area (Å²) in [4.78, 5) is 7.16. The van der Waals surface area contributed by atoms with E-state index in [1.165, 1.54) is 6.42 Å². The van der Waals surface area contributed by atoms with Crippen molar-refractivity contribution >= 4 is 0 Å². The van der Waals surface area contributed by atoms with Gasteiger partial charge in [0.25, 0.3) is 0 Å². The fourth-order valence-electron chi connectivity index (χ4n) is 1.49. The number of nitrogens with two attached hydrogens (primary N) is 1. The third kappa shape index (κ3) is 1.04. The molecule has 0 bridgehead atoms. The zero-order chi connectivity index (χ0) is 8.60. The van der Waals surface area contributed by atoms with E-state index in [1.807, 2.05) is 0 Å². The Hall–Kier alpha value is -0.870. The number of hydrogen-bond donors (Lipinski definition) is 3. The van der Waals surface area contributed by atoms with Crippen LogP contribution in [0.2, 0.25) is 0 Å². The van der Waals surface area contributed by atoms with E-state index in [0.717, 1.165) is 24.4 Å². The molecule has 1 heterocycles. The lowest BCUT2D eigenvalue weighted by Gasteiger charge is -2.35. The molecule has 0 radical (unpaired) electrons. The van der Waals surface area contributed by atoms with Crippen molar-refractivity contribution in [1.82, 2.24) is 9.97 Å². The number of nitrogens with zero attached hydrogens (tertiary/aromatic N) is 1. The second kappa shape index (κ2) is 2.57. The fourth-order valence-corrected chi connectivity index (χ4v) is 1.49. The molecule has 0 aliphatic heterocycles. The van der Waals surface area contributed by atoms with Crippen molar-refractivity contribution in [3.63, 3.8) is 0 Å². The number of aliphatic hydroxyl groups excluding tert-OH is 1. The lowest BCUT2D eigenvalue weighted by molar-refractivity contribution is 0.237. The van der Waals surface area contributed by atoms with Crippen molar-refractivity contribution < 1.29 is 5.11 Å². The van der Waals surface area contributed by atoms with Gasteiger partial charge < -0.3 is 15.8 Å². The van der Waals surface area contributed by atoms with E-state index < -0.39 is 0 Å². The Labute approximate surface area is 70.8 Å². The van der Waals surface area contributed by atoms with Crippen LogP contribution in [0.4, 0.5) is 0 Å². The van der Waals surface area contributed by atoms with Crippen molar-refractivity contribution in [2.45, 2.75) is 31.4 Å². The van der Waals surface area contributed by atoms with Gasteiger partial charge in [0.15, 0.2) is 0 Å². The molecule has 1 aromatic heterocycles. The van der Waals surface area contributed by atoms with Gasteiger partial charge in [-0.05, 0) is 19.3 Å². The summed E-state index contributed by atoms with van der Waals surface area (Å²) in [5.74, 6) is 0.817. The number of aromatic nitrogens is 2. The number of H-pyrrole nitrogens is 1. The normalized spacial score (nSPS) is 20.5. The van der Waals surface area contributed by atoms with Crippen LogP contribution in [0.3, 0.4) is 0 Å². The zero-order valence-corrected chi connectivity index (χ0v) is 6.88. The van der Waals surface area contributed by atoms with Gasteiger partial charge in [0.2, 0.25) is 0 Å². The molecule has 2 rings (SSSR count). The maximum absolute atomic E-state index is 8.80. The van der Waals surface area contributed by atoms with Gasteiger partial charge in [0, 0.05) is 0 Å². The number of aliphatic hydroxyl groups is 1. The van der Waals surface area contributed by atoms with Crippen molar-refractivity contribution in [3.05, 3.63) is 17.7 Å². The van der Waals surface area contributed by atoms with Crippen LogP contribution in [-0.4, -0.2) is 15.1 Å². The molecular weight excluding hydrogens is 154 g/mol. The molecule has 1 aromatic rings. The van der Waals surface area contributed by atoms with E-state index in [1.54, 1.807) is 6.20 Å². The van der Waals surface area contributed by atoms with Crippen LogP contribution >= 0.6 is 0 Å². The Morgan fingerprint density at radius 3 is 2.83 bits per heavy atom. The lowest BCUT2D eigenvalue weighted by atomic mass is 9.77. The van der Waals surface area contributed by atoms with Crippen molar-refractivity contribution in [3.8, 4) is 0 Å². The SMILES string of the molecule is NC1(c2ncc(CO)[nH]2)CCC1. The second-order valence-corrected chi connectivity index (χ2v) is 3.42. The molecule has 1 saturated carbocycles. The summed E-state index contributed by atoms with van der Waals surface area (Å²) in [6.45, 7) is 0.00306. The summed E-state index contributed by atoms with van der Waals surface area (Å²) >= 11 is 0. The first-order valence-electron chi connectivity index (χ1n) is 4.19. The maximum Gasteiger partial charge on any atom is 0.126 e. The molecule has 4 heteroatoms. The predicted octanol–water partition coefficient (Wildman–Crippen LogP) is 0.240. The number of rotatable bonds is 2. The van der Waals surface area contributed by atoms with Crippen molar-refractivity contribution in [2.24, 2.45) is 5.73 Å². The summed E-state index contributed by atoms with van der Waals surface area (Å²) in [6.07, 6.45) is 4.80. The summed E-state index contributed by atoms with van der Waals surface area (Å²) < 4.78 is 0. The van der Waals surface area contributed by atoms with Crippen LogP contribution in [-0.2, 0) is 12.1 Å². The Balaban J connectivity index is 2.22. The summed E-state index contributed by atoms with van der Waals surface area (Å²) in [7, 11) is 0. The number of hydrogen-bond acceptors (Lipinski definition) is 3. The molecule has 0 unspecified atom stereocenters. The lowest BCUT2D eigenvalue weighted by Crippen LogP contribution is -2.44. The molecule has 12 heavy (non-hydrogen) atoms. The molecule has 0 aromatic carbocycles. The molecule has 0 saturated heterocycles. The monoisotopic (exact) mass is 167 g/mol. The number of imidazole rings is 1. The van der Waals surface area contributed by atoms with E-state index in [0.29, 0.717) is 0 Å². The van der Waals surface area contributed by atoms with E-state index in [4.69, 9.17) is 10.8 Å². The van der Waals surface area contributed by atoms with Crippen LogP contribution < -0.4 is 5.73 Å². The van der Waals surface area contributed by atoms with Crippen molar-refractivity contribution in [1.29, 1.82) is 0 Å². The Bertz CT molecular complexity index is 278. The minimum Gasteiger partial charge on any atom is -0.390 e. The van der Waals surface area contributed by atoms with E-state index in [-0.39, 0.29) is 12.1 Å². The van der Waals surface area contributed by atoms with Gasteiger partial charge in [-0.3, -0.25) is 0 Å². The highest BCUT2D eigenvalue weighted by atomic mass is 16.3. The third-order valence-electron chi connectivity index (χ3n) is 2.52. The van der Waals surface area contributed by atoms with E-state index in [9.17, 15) is 0 Å². The third-order valence-corrected chi connectivity index (χ3v) is 2.52. The Kier molecular flexibility index (Phi) is 1.66. The van der Waals surface area contributed by atoms with Crippen LogP contribution in [0.15, 0.2) is 6.20 Å². The summed E-state index contributed by atoms with van der Waals surface area (Å²) in [6, 6.07) is 0. The van der Waals surface area contributed by atoms with Gasteiger partial charge in [-0.15, -0.1) is 0 Å². The molecule has 1 aliphatic carbocycles. The van der Waals surface area contributed by atoms with Gasteiger partial charge in [-0.1, -0.05) is 0 Å². The van der Waals surface area contributed by atoms with Gasteiger partial charge in [-0.2, -0.15) is 0 Å². The molecule has 4 nitrogen and oxygen atoms in total. The van der Waals surface area contributed by atoms with Crippen LogP contribution in [0.1, 0.15) is 30.8 Å². The first-order chi connectivity index (χ1) is 5.74. The average molecular weight is 167 g/mol. The quantitative estimate of drug-likeness (QED) is 0.590. The van der Waals surface area contributed by atoms with Crippen molar-refractivity contribution in [2.75, 3.05) is 0 Å². The minimum absolute atomic E-state index is 0.00306. The van der Waals surface area contributed by atoms with Gasteiger partial charge in [-0.25, -0.2) is 4.98 Å². The molecule has 4 N–H and O–H groups in total. The smallest absolute Gasteiger partial charge is 0.126 e. The van der Waals surface area contributed by atoms with Crippen LogP contribution in [0.5, 0.6) is 0 Å². The fraction of sp³-hybridized carbons (Fsp3) is 0.625. The first kappa shape index (κ1) is 7.76. The van der Waals surface area contributed by atoms with E-state index >= 15 is 0 Å². The Morgan fingerprint density at radius 2 is 2.42 bits per heavy atom. The molecular formula is C8H13N3O. The Morgan fingerprint density at radius 1 is 1.67 bits per heavy atom. The predicted molar refractivity (Wildman–Crippen MR) is 44.2 cm³/mol. The first-order valence-corrected chi connectivity index (χ1v) is 4.19. The zero-order valence-electron chi connectivity index (χ0n) is 6.88. The molecule has 0 amide bonds. The largest absolute Gasteiger partial charge is 0.390 e. The molecule has 1 aliphatic rings. The molecule has 1 fully saturated rings. The van der Waals surface area contributed by atoms with Crippen LogP contribution in [0, 0.1) is 0 Å². The standard InChI is InChI=1S/C8H13N3O/c9-8(2-1-3-8)7-10-4-6(5-12)11-7/h4,12H,1-3,5,9H2,(H,10,11). The van der Waals surface area contributed by atoms with Gasteiger partial charge in [0.1, 0.15) is 5.82 Å². The minimum atomic E-state index is -0.243. The number of aromatic amines is 1. The highest BCUT2D eigenvalue weighted by Gasteiger charge is 2.36. The van der Waals surface area contributed by atoms with E-state index in [2.05, 4.69) is 9.97 Å². The second-order valence-electron chi connectivity index (χ2n) is 3.42. The highest BCUT2D eigenvalue weighted by molar-refractivity contribution is 5.13.